The molecule has 0 saturated carbocycles. The van der Waals surface area contributed by atoms with E-state index in [4.69, 9.17) is 0 Å². The first kappa shape index (κ1) is 21.6. The second-order valence-electron chi connectivity index (χ2n) is 8.23. The minimum atomic E-state index is 0.167. The Balaban J connectivity index is 1.42. The Kier molecular flexibility index (Phi) is 6.81. The van der Waals surface area contributed by atoms with Crippen LogP contribution in [0.2, 0.25) is 0 Å². The van der Waals surface area contributed by atoms with Crippen molar-refractivity contribution in [3.05, 3.63) is 119 Å². The topological polar surface area (TPSA) is 38.1 Å². The summed E-state index contributed by atoms with van der Waals surface area (Å²) in [6.07, 6.45) is 1.20. The van der Waals surface area contributed by atoms with Gasteiger partial charge in [-0.25, -0.2) is 4.68 Å². The van der Waals surface area contributed by atoms with Crippen LogP contribution < -0.4 is 0 Å². The fourth-order valence-corrected chi connectivity index (χ4v) is 3.94. The highest BCUT2D eigenvalue weighted by Crippen LogP contribution is 2.16. The molecule has 4 rings (SSSR count). The lowest BCUT2D eigenvalue weighted by Gasteiger charge is -2.23. The molecule has 0 aliphatic rings. The fourth-order valence-electron chi connectivity index (χ4n) is 3.94. The zero-order valence-corrected chi connectivity index (χ0v) is 18.7. The first-order chi connectivity index (χ1) is 15.6. The summed E-state index contributed by atoms with van der Waals surface area (Å²) in [7, 11) is 0. The van der Waals surface area contributed by atoms with Gasteiger partial charge in [0.1, 0.15) is 0 Å². The molecule has 0 aliphatic heterocycles. The van der Waals surface area contributed by atoms with Gasteiger partial charge in [-0.05, 0) is 55.2 Å². The summed E-state index contributed by atoms with van der Waals surface area (Å²) < 4.78 is 1.95. The van der Waals surface area contributed by atoms with Gasteiger partial charge in [-0.1, -0.05) is 72.8 Å². The summed E-state index contributed by atoms with van der Waals surface area (Å²) in [5.74, 6) is 0.167. The molecule has 0 fully saturated rings. The number of aromatic nitrogens is 2. The van der Waals surface area contributed by atoms with Crippen molar-refractivity contribution in [3.63, 3.8) is 0 Å². The molecule has 4 aromatic rings. The number of carbonyl (C=O) groups excluding carboxylic acids is 1. The third-order valence-electron chi connectivity index (χ3n) is 5.60. The lowest BCUT2D eigenvalue weighted by Crippen LogP contribution is -2.30. The standard InChI is InChI=1S/C28H29N3O/c1-22-19-23(2)31(29-22)27-16-13-24(14-17-27)15-18-28(32)30(20-25-9-5-3-6-10-25)21-26-11-7-4-8-12-26/h3-14,16-17,19H,15,18,20-21H2,1-2H3. The van der Waals surface area contributed by atoms with Crippen LogP contribution in [-0.4, -0.2) is 20.6 Å². The molecule has 4 heteroatoms. The van der Waals surface area contributed by atoms with Crippen molar-refractivity contribution in [2.75, 3.05) is 0 Å². The van der Waals surface area contributed by atoms with E-state index in [1.807, 2.05) is 52.9 Å². The van der Waals surface area contributed by atoms with Crippen molar-refractivity contribution in [2.45, 2.75) is 39.8 Å². The molecule has 0 radical (unpaired) electrons. The molecule has 0 aliphatic carbocycles. The van der Waals surface area contributed by atoms with E-state index in [1.165, 1.54) is 0 Å². The first-order valence-corrected chi connectivity index (χ1v) is 11.1. The van der Waals surface area contributed by atoms with Crippen molar-refractivity contribution in [1.29, 1.82) is 0 Å². The van der Waals surface area contributed by atoms with Crippen molar-refractivity contribution in [1.82, 2.24) is 14.7 Å². The molecule has 0 unspecified atom stereocenters. The maximum atomic E-state index is 13.2. The first-order valence-electron chi connectivity index (χ1n) is 11.1. The minimum Gasteiger partial charge on any atom is -0.334 e. The van der Waals surface area contributed by atoms with Crippen LogP contribution in [0.15, 0.2) is 91.0 Å². The van der Waals surface area contributed by atoms with Gasteiger partial charge in [-0.15, -0.1) is 0 Å². The molecule has 162 valence electrons. The molecule has 1 heterocycles. The van der Waals surface area contributed by atoms with E-state index < -0.39 is 0 Å². The van der Waals surface area contributed by atoms with E-state index in [0.29, 0.717) is 19.5 Å². The molecule has 0 N–H and O–H groups in total. The molecule has 4 nitrogen and oxygen atoms in total. The van der Waals surface area contributed by atoms with E-state index in [2.05, 4.69) is 66.6 Å². The molecule has 3 aromatic carbocycles. The highest BCUT2D eigenvalue weighted by atomic mass is 16.2. The third-order valence-corrected chi connectivity index (χ3v) is 5.60. The number of aryl methyl sites for hydroxylation is 3. The van der Waals surface area contributed by atoms with Gasteiger partial charge in [-0.2, -0.15) is 5.10 Å². The van der Waals surface area contributed by atoms with Crippen molar-refractivity contribution < 1.29 is 4.79 Å². The highest BCUT2D eigenvalue weighted by Gasteiger charge is 2.15. The van der Waals surface area contributed by atoms with E-state index in [-0.39, 0.29) is 5.91 Å². The maximum absolute atomic E-state index is 13.2. The Bertz CT molecular complexity index is 1110. The van der Waals surface area contributed by atoms with Crippen molar-refractivity contribution in [2.24, 2.45) is 0 Å². The molecule has 0 saturated heterocycles. The van der Waals surface area contributed by atoms with Gasteiger partial charge in [0.2, 0.25) is 5.91 Å². The second-order valence-corrected chi connectivity index (χ2v) is 8.23. The number of carbonyl (C=O) groups is 1. The largest absolute Gasteiger partial charge is 0.334 e. The average molecular weight is 424 g/mol. The molecular formula is C28H29N3O. The smallest absolute Gasteiger partial charge is 0.223 e. The lowest BCUT2D eigenvalue weighted by atomic mass is 10.1. The van der Waals surface area contributed by atoms with Crippen LogP contribution in [0.4, 0.5) is 0 Å². The van der Waals surface area contributed by atoms with Gasteiger partial charge >= 0.3 is 0 Å². The number of nitrogens with zero attached hydrogens (tertiary/aromatic N) is 3. The molecule has 1 aromatic heterocycles. The fraction of sp³-hybridized carbons (Fsp3) is 0.214. The van der Waals surface area contributed by atoms with E-state index in [0.717, 1.165) is 40.2 Å². The number of benzene rings is 3. The summed E-state index contributed by atoms with van der Waals surface area (Å²) in [5.41, 5.74) is 6.61. The van der Waals surface area contributed by atoms with Gasteiger partial charge < -0.3 is 4.90 Å². The monoisotopic (exact) mass is 423 g/mol. The summed E-state index contributed by atoms with van der Waals surface area (Å²) in [5, 5.41) is 4.54. The van der Waals surface area contributed by atoms with Crippen LogP contribution in [0, 0.1) is 13.8 Å². The van der Waals surface area contributed by atoms with Crippen LogP contribution in [0.5, 0.6) is 0 Å². The summed E-state index contributed by atoms with van der Waals surface area (Å²) in [6, 6.07) is 30.8. The van der Waals surface area contributed by atoms with Gasteiger partial charge in [0.15, 0.2) is 0 Å². The van der Waals surface area contributed by atoms with Crippen LogP contribution in [-0.2, 0) is 24.3 Å². The van der Waals surface area contributed by atoms with Gasteiger partial charge in [0, 0.05) is 25.2 Å². The predicted molar refractivity (Wildman–Crippen MR) is 128 cm³/mol. The Morgan fingerprint density at radius 2 is 1.34 bits per heavy atom. The summed E-state index contributed by atoms with van der Waals surface area (Å²) in [4.78, 5) is 15.1. The number of hydrogen-bond donors (Lipinski definition) is 0. The number of amides is 1. The Morgan fingerprint density at radius 1 is 0.781 bits per heavy atom. The summed E-state index contributed by atoms with van der Waals surface area (Å²) >= 11 is 0. The summed E-state index contributed by atoms with van der Waals surface area (Å²) in [6.45, 7) is 5.29. The maximum Gasteiger partial charge on any atom is 0.223 e. The minimum absolute atomic E-state index is 0.167. The predicted octanol–water partition coefficient (Wildman–Crippen LogP) is 5.65. The van der Waals surface area contributed by atoms with Crippen LogP contribution in [0.25, 0.3) is 5.69 Å². The van der Waals surface area contributed by atoms with Gasteiger partial charge in [0.05, 0.1) is 11.4 Å². The number of rotatable bonds is 8. The normalized spacial score (nSPS) is 10.8. The average Bonchev–Trinajstić information content (AvgIpc) is 3.16. The van der Waals surface area contributed by atoms with Crippen LogP contribution in [0.3, 0.4) is 0 Å². The molecule has 0 atom stereocenters. The zero-order valence-electron chi connectivity index (χ0n) is 18.7. The Labute approximate surface area is 190 Å². The molecular weight excluding hydrogens is 394 g/mol. The Morgan fingerprint density at radius 3 is 1.84 bits per heavy atom. The SMILES string of the molecule is Cc1cc(C)n(-c2ccc(CCC(=O)N(Cc3ccccc3)Cc3ccccc3)cc2)n1. The van der Waals surface area contributed by atoms with Crippen molar-refractivity contribution >= 4 is 5.91 Å². The van der Waals surface area contributed by atoms with E-state index in [9.17, 15) is 4.79 Å². The van der Waals surface area contributed by atoms with Crippen LogP contribution >= 0.6 is 0 Å². The molecule has 1 amide bonds. The quantitative estimate of drug-likeness (QED) is 0.367. The highest BCUT2D eigenvalue weighted by molar-refractivity contribution is 5.76. The van der Waals surface area contributed by atoms with Crippen molar-refractivity contribution in [3.8, 4) is 5.69 Å². The molecule has 32 heavy (non-hydrogen) atoms. The second kappa shape index (κ2) is 10.1. The number of hydrogen-bond acceptors (Lipinski definition) is 2. The molecule has 0 spiro atoms. The third kappa shape index (κ3) is 5.52. The lowest BCUT2D eigenvalue weighted by molar-refractivity contribution is -0.132. The zero-order chi connectivity index (χ0) is 22.3. The van der Waals surface area contributed by atoms with Gasteiger partial charge in [0.25, 0.3) is 0 Å². The van der Waals surface area contributed by atoms with E-state index in [1.54, 1.807) is 0 Å². The van der Waals surface area contributed by atoms with Gasteiger partial charge in [-0.3, -0.25) is 4.79 Å². The van der Waals surface area contributed by atoms with Crippen LogP contribution in [0.1, 0.15) is 34.5 Å². The Hall–Kier alpha value is -3.66. The van der Waals surface area contributed by atoms with E-state index >= 15 is 0 Å². The molecule has 0 bridgehead atoms.